The second-order valence-electron chi connectivity index (χ2n) is 6.48. The van der Waals surface area contributed by atoms with Gasteiger partial charge in [0.05, 0.1) is 25.6 Å². The molecule has 0 fully saturated rings. The summed E-state index contributed by atoms with van der Waals surface area (Å²) >= 11 is 0. The fourth-order valence-electron chi connectivity index (χ4n) is 3.10. The third-order valence-electron chi connectivity index (χ3n) is 4.58. The van der Waals surface area contributed by atoms with Crippen LogP contribution in [0.2, 0.25) is 0 Å². The number of likely N-dealkylation sites (N-methyl/N-ethyl adjacent to an activating group) is 1. The molecule has 7 nitrogen and oxygen atoms in total. The summed E-state index contributed by atoms with van der Waals surface area (Å²) < 4.78 is 16.9. The number of para-hydroxylation sites is 1. The minimum atomic E-state index is 0.496. The normalized spacial score (nSPS) is 12.4. The van der Waals surface area contributed by atoms with Crippen LogP contribution in [0.4, 0.5) is 5.95 Å². The summed E-state index contributed by atoms with van der Waals surface area (Å²) in [6.45, 7) is 2.02. The Morgan fingerprint density at radius 2 is 1.89 bits per heavy atom. The molecule has 0 N–H and O–H groups in total. The molecule has 0 atom stereocenters. The van der Waals surface area contributed by atoms with Gasteiger partial charge in [-0.15, -0.1) is 0 Å². The van der Waals surface area contributed by atoms with Crippen LogP contribution in [0, 0.1) is 0 Å². The summed E-state index contributed by atoms with van der Waals surface area (Å²) in [4.78, 5) is 15.1. The van der Waals surface area contributed by atoms with Crippen molar-refractivity contribution in [3.8, 4) is 28.5 Å². The number of anilines is 1. The molecule has 2 aromatic heterocycles. The monoisotopic (exact) mass is 378 g/mol. The Bertz CT molecular complexity index is 947. The van der Waals surface area contributed by atoms with Crippen LogP contribution in [-0.4, -0.2) is 48.9 Å². The van der Waals surface area contributed by atoms with E-state index in [2.05, 4.69) is 21.0 Å². The zero-order chi connectivity index (χ0) is 19.3. The Hall–Kier alpha value is -3.19. The number of rotatable bonds is 7. The maximum Gasteiger partial charge on any atom is 0.227 e. The fraction of sp³-hybridized carbons (Fsp3) is 0.286. The van der Waals surface area contributed by atoms with Crippen LogP contribution < -0.4 is 14.4 Å². The number of pyridine rings is 1. The number of nitrogens with zero attached hydrogens (tertiary/aromatic N) is 4. The molecule has 28 heavy (non-hydrogen) atoms. The van der Waals surface area contributed by atoms with Crippen LogP contribution in [0.5, 0.6) is 17.4 Å². The molecule has 0 radical (unpaired) electrons. The van der Waals surface area contributed by atoms with Crippen molar-refractivity contribution in [2.45, 2.75) is 6.42 Å². The standard InChI is InChI=1S/C21H22N4O3/c1-25(10-12-26-2)21-23-13-16(14-24-21)28-20-18(7-4-9-22-20)17-6-3-5-15-8-11-27-19(15)17/h3-7,9,13-14H,8,10-12H2,1-2H3. The lowest BCUT2D eigenvalue weighted by atomic mass is 10.0. The molecular weight excluding hydrogens is 356 g/mol. The maximum absolute atomic E-state index is 6.00. The molecule has 0 unspecified atom stereocenters. The van der Waals surface area contributed by atoms with Crippen molar-refractivity contribution in [2.24, 2.45) is 0 Å². The van der Waals surface area contributed by atoms with E-state index in [-0.39, 0.29) is 0 Å². The molecule has 0 amide bonds. The van der Waals surface area contributed by atoms with Crippen molar-refractivity contribution in [3.05, 3.63) is 54.5 Å². The molecule has 4 rings (SSSR count). The summed E-state index contributed by atoms with van der Waals surface area (Å²) in [7, 11) is 3.59. The molecule has 0 aliphatic carbocycles. The Kier molecular flexibility index (Phi) is 5.34. The van der Waals surface area contributed by atoms with Crippen LogP contribution in [-0.2, 0) is 11.2 Å². The second kappa shape index (κ2) is 8.22. The SMILES string of the molecule is COCCN(C)c1ncc(Oc2ncccc2-c2cccc3c2OCC3)cn1. The lowest BCUT2D eigenvalue weighted by Gasteiger charge is -2.16. The van der Waals surface area contributed by atoms with E-state index in [0.717, 1.165) is 23.3 Å². The zero-order valence-corrected chi connectivity index (χ0v) is 16.0. The zero-order valence-electron chi connectivity index (χ0n) is 16.0. The minimum absolute atomic E-state index is 0.496. The van der Waals surface area contributed by atoms with E-state index in [4.69, 9.17) is 14.2 Å². The molecule has 0 saturated heterocycles. The molecule has 3 heterocycles. The average Bonchev–Trinajstić information content (AvgIpc) is 3.22. The van der Waals surface area contributed by atoms with Gasteiger partial charge in [0.25, 0.3) is 0 Å². The van der Waals surface area contributed by atoms with Gasteiger partial charge < -0.3 is 19.1 Å². The first-order valence-corrected chi connectivity index (χ1v) is 9.16. The highest BCUT2D eigenvalue weighted by molar-refractivity contribution is 5.76. The highest BCUT2D eigenvalue weighted by atomic mass is 16.5. The highest BCUT2D eigenvalue weighted by Gasteiger charge is 2.20. The number of aromatic nitrogens is 3. The van der Waals surface area contributed by atoms with Crippen molar-refractivity contribution >= 4 is 5.95 Å². The van der Waals surface area contributed by atoms with Crippen LogP contribution in [0.15, 0.2) is 48.9 Å². The smallest absolute Gasteiger partial charge is 0.227 e. The molecule has 1 aliphatic rings. The third-order valence-corrected chi connectivity index (χ3v) is 4.58. The van der Waals surface area contributed by atoms with Gasteiger partial charge in [-0.3, -0.25) is 0 Å². The largest absolute Gasteiger partial charge is 0.492 e. The van der Waals surface area contributed by atoms with Gasteiger partial charge in [0.1, 0.15) is 5.75 Å². The molecular formula is C21H22N4O3. The Morgan fingerprint density at radius 1 is 1.07 bits per heavy atom. The van der Waals surface area contributed by atoms with E-state index in [9.17, 15) is 0 Å². The van der Waals surface area contributed by atoms with Gasteiger partial charge in [-0.25, -0.2) is 15.0 Å². The first kappa shape index (κ1) is 18.2. The summed E-state index contributed by atoms with van der Waals surface area (Å²) in [6, 6.07) is 10.0. The average molecular weight is 378 g/mol. The highest BCUT2D eigenvalue weighted by Crippen LogP contribution is 2.40. The fourth-order valence-corrected chi connectivity index (χ4v) is 3.10. The van der Waals surface area contributed by atoms with E-state index in [1.54, 1.807) is 25.7 Å². The minimum Gasteiger partial charge on any atom is -0.492 e. The van der Waals surface area contributed by atoms with Gasteiger partial charge in [0, 0.05) is 44.4 Å². The Morgan fingerprint density at radius 3 is 2.71 bits per heavy atom. The summed E-state index contributed by atoms with van der Waals surface area (Å²) in [5, 5.41) is 0. The molecule has 1 aliphatic heterocycles. The van der Waals surface area contributed by atoms with Crippen LogP contribution in [0.3, 0.4) is 0 Å². The quantitative estimate of drug-likeness (QED) is 0.624. The Labute approximate surface area is 163 Å². The molecule has 7 heteroatoms. The predicted octanol–water partition coefficient (Wildman–Crippen LogP) is 3.35. The van der Waals surface area contributed by atoms with Crippen molar-refractivity contribution < 1.29 is 14.2 Å². The second-order valence-corrected chi connectivity index (χ2v) is 6.48. The van der Waals surface area contributed by atoms with Crippen molar-refractivity contribution in [2.75, 3.05) is 38.8 Å². The number of methoxy groups -OCH3 is 1. The number of hydrogen-bond donors (Lipinski definition) is 0. The van der Waals surface area contributed by atoms with Gasteiger partial charge in [-0.1, -0.05) is 18.2 Å². The van der Waals surface area contributed by atoms with Gasteiger partial charge >= 0.3 is 0 Å². The molecule has 144 valence electrons. The van der Waals surface area contributed by atoms with Gasteiger partial charge in [0.15, 0.2) is 5.75 Å². The number of ether oxygens (including phenoxy) is 3. The van der Waals surface area contributed by atoms with E-state index >= 15 is 0 Å². The van der Waals surface area contributed by atoms with E-state index in [1.165, 1.54) is 5.56 Å². The topological polar surface area (TPSA) is 69.6 Å². The summed E-state index contributed by atoms with van der Waals surface area (Å²) in [6.07, 6.45) is 5.92. The maximum atomic E-state index is 6.00. The third kappa shape index (κ3) is 3.75. The van der Waals surface area contributed by atoms with E-state index in [0.29, 0.717) is 37.3 Å². The van der Waals surface area contributed by atoms with Gasteiger partial charge in [-0.2, -0.15) is 0 Å². The first-order valence-electron chi connectivity index (χ1n) is 9.16. The lowest BCUT2D eigenvalue weighted by molar-refractivity contribution is 0.206. The van der Waals surface area contributed by atoms with Gasteiger partial charge in [0.2, 0.25) is 11.8 Å². The van der Waals surface area contributed by atoms with Crippen molar-refractivity contribution in [1.82, 2.24) is 15.0 Å². The summed E-state index contributed by atoms with van der Waals surface area (Å²) in [5.41, 5.74) is 3.07. The lowest BCUT2D eigenvalue weighted by Crippen LogP contribution is -2.23. The molecule has 0 saturated carbocycles. The molecule has 1 aromatic carbocycles. The number of hydrogen-bond acceptors (Lipinski definition) is 7. The van der Waals surface area contributed by atoms with E-state index < -0.39 is 0 Å². The number of benzene rings is 1. The Balaban J connectivity index is 1.58. The number of fused-ring (bicyclic) bond motifs is 1. The van der Waals surface area contributed by atoms with Gasteiger partial charge in [-0.05, 0) is 17.7 Å². The van der Waals surface area contributed by atoms with Crippen molar-refractivity contribution in [1.29, 1.82) is 0 Å². The summed E-state index contributed by atoms with van der Waals surface area (Å²) in [5.74, 6) is 2.54. The van der Waals surface area contributed by atoms with Crippen LogP contribution in [0.1, 0.15) is 5.56 Å². The first-order chi connectivity index (χ1) is 13.8. The molecule has 0 spiro atoms. The van der Waals surface area contributed by atoms with E-state index in [1.807, 2.05) is 36.2 Å². The molecule has 0 bridgehead atoms. The van der Waals surface area contributed by atoms with Crippen LogP contribution >= 0.6 is 0 Å². The van der Waals surface area contributed by atoms with Crippen molar-refractivity contribution in [3.63, 3.8) is 0 Å². The predicted molar refractivity (Wildman–Crippen MR) is 106 cm³/mol. The molecule has 3 aromatic rings. The van der Waals surface area contributed by atoms with Crippen LogP contribution in [0.25, 0.3) is 11.1 Å².